The van der Waals surface area contributed by atoms with Crippen molar-refractivity contribution >= 4 is 12.4 Å². The quantitative estimate of drug-likeness (QED) is 0.826. The number of aliphatic hydroxyl groups is 1. The fraction of sp³-hybridized carbons (Fsp3) is 0.455. The second-order valence-corrected chi connectivity index (χ2v) is 3.49. The fourth-order valence-corrected chi connectivity index (χ4v) is 1.45. The smallest absolute Gasteiger partial charge is 0.124 e. The number of hydrogen-bond acceptors (Lipinski definition) is 3. The zero-order valence-electron chi connectivity index (χ0n) is 9.06. The number of nitrogens with two attached hydrogens (primary N) is 1. The normalized spacial score (nSPS) is 11.7. The summed E-state index contributed by atoms with van der Waals surface area (Å²) in [6.45, 7) is 1.96. The highest BCUT2D eigenvalue weighted by molar-refractivity contribution is 5.85. The lowest BCUT2D eigenvalue weighted by molar-refractivity contribution is 0.273. The van der Waals surface area contributed by atoms with Gasteiger partial charge in [-0.05, 0) is 31.0 Å². The molecule has 0 heterocycles. The second kappa shape index (κ2) is 6.67. The minimum absolute atomic E-state index is 0. The third-order valence-corrected chi connectivity index (χ3v) is 2.07. The molecular formula is C11H18ClNO2. The lowest BCUT2D eigenvalue weighted by Crippen LogP contribution is -2.17. The maximum Gasteiger partial charge on any atom is 0.124 e. The van der Waals surface area contributed by atoms with Crippen molar-refractivity contribution < 1.29 is 9.84 Å². The van der Waals surface area contributed by atoms with Crippen LogP contribution in [0.1, 0.15) is 18.1 Å². The molecule has 0 bridgehead atoms. The Labute approximate surface area is 96.7 Å². The lowest BCUT2D eigenvalue weighted by Gasteiger charge is -2.10. The van der Waals surface area contributed by atoms with E-state index in [2.05, 4.69) is 0 Å². The first-order valence-corrected chi connectivity index (χ1v) is 4.69. The molecule has 0 aliphatic carbocycles. The van der Waals surface area contributed by atoms with Gasteiger partial charge in [0.15, 0.2) is 0 Å². The van der Waals surface area contributed by atoms with Gasteiger partial charge in [-0.2, -0.15) is 0 Å². The molecule has 1 rings (SSSR count). The summed E-state index contributed by atoms with van der Waals surface area (Å²) in [7, 11) is 1.60. The predicted octanol–water partition coefficient (Wildman–Crippen LogP) is 1.50. The summed E-state index contributed by atoms with van der Waals surface area (Å²) in [6.07, 6.45) is 0.816. The van der Waals surface area contributed by atoms with Crippen molar-refractivity contribution in [3.63, 3.8) is 0 Å². The van der Waals surface area contributed by atoms with Gasteiger partial charge in [-0.3, -0.25) is 0 Å². The molecule has 0 amide bonds. The fourth-order valence-electron chi connectivity index (χ4n) is 1.45. The number of benzene rings is 1. The van der Waals surface area contributed by atoms with Crippen LogP contribution in [0.5, 0.6) is 5.75 Å². The summed E-state index contributed by atoms with van der Waals surface area (Å²) in [4.78, 5) is 0. The maximum absolute atomic E-state index is 9.10. The Hall–Kier alpha value is -0.770. The molecule has 1 aromatic rings. The van der Waals surface area contributed by atoms with Crippen molar-refractivity contribution in [1.29, 1.82) is 0 Å². The first-order chi connectivity index (χ1) is 6.67. The van der Waals surface area contributed by atoms with Gasteiger partial charge in [-0.1, -0.05) is 6.07 Å². The summed E-state index contributed by atoms with van der Waals surface area (Å²) in [6, 6.07) is 5.90. The summed E-state index contributed by atoms with van der Waals surface area (Å²) in [5.74, 6) is 0.723. The molecule has 0 spiro atoms. The van der Waals surface area contributed by atoms with Crippen LogP contribution in [0.25, 0.3) is 0 Å². The Morgan fingerprint density at radius 2 is 2.13 bits per heavy atom. The standard InChI is InChI=1S/C11H17NO2.ClH/c1-8(12)5-9-3-4-11(14-2)10(6-9)7-13;/h3-4,6,8,13H,5,7,12H2,1-2H3;1H. The molecule has 0 fully saturated rings. The van der Waals surface area contributed by atoms with Crippen molar-refractivity contribution in [2.75, 3.05) is 7.11 Å². The van der Waals surface area contributed by atoms with E-state index in [1.54, 1.807) is 7.11 Å². The Kier molecular flexibility index (Phi) is 6.32. The average Bonchev–Trinajstić information content (AvgIpc) is 2.16. The van der Waals surface area contributed by atoms with Gasteiger partial charge in [0, 0.05) is 11.6 Å². The van der Waals surface area contributed by atoms with E-state index in [1.165, 1.54) is 0 Å². The molecule has 3 N–H and O–H groups in total. The van der Waals surface area contributed by atoms with Gasteiger partial charge >= 0.3 is 0 Å². The highest BCUT2D eigenvalue weighted by atomic mass is 35.5. The van der Waals surface area contributed by atoms with Crippen molar-refractivity contribution in [1.82, 2.24) is 0 Å². The lowest BCUT2D eigenvalue weighted by atomic mass is 10.0. The van der Waals surface area contributed by atoms with Crippen LogP contribution >= 0.6 is 12.4 Å². The van der Waals surface area contributed by atoms with Gasteiger partial charge < -0.3 is 15.6 Å². The number of halogens is 1. The van der Waals surface area contributed by atoms with Crippen LogP contribution in [-0.2, 0) is 13.0 Å². The molecule has 0 radical (unpaired) electrons. The van der Waals surface area contributed by atoms with Gasteiger partial charge in [0.05, 0.1) is 13.7 Å². The molecular weight excluding hydrogens is 214 g/mol. The molecule has 0 aliphatic heterocycles. The summed E-state index contributed by atoms with van der Waals surface area (Å²) in [5.41, 5.74) is 7.63. The number of hydrogen-bond donors (Lipinski definition) is 2. The van der Waals surface area contributed by atoms with Crippen molar-refractivity contribution in [2.45, 2.75) is 26.0 Å². The number of methoxy groups -OCH3 is 1. The summed E-state index contributed by atoms with van der Waals surface area (Å²) < 4.78 is 5.10. The maximum atomic E-state index is 9.10. The van der Waals surface area contributed by atoms with Crippen LogP contribution in [0.3, 0.4) is 0 Å². The van der Waals surface area contributed by atoms with Crippen molar-refractivity contribution in [2.24, 2.45) is 5.73 Å². The second-order valence-electron chi connectivity index (χ2n) is 3.49. The van der Waals surface area contributed by atoms with Crippen LogP contribution in [0.15, 0.2) is 18.2 Å². The monoisotopic (exact) mass is 231 g/mol. The van der Waals surface area contributed by atoms with Gasteiger partial charge in [-0.15, -0.1) is 12.4 Å². The van der Waals surface area contributed by atoms with Gasteiger partial charge in [0.1, 0.15) is 5.75 Å². The Bertz CT molecular complexity index is 303. The zero-order valence-corrected chi connectivity index (χ0v) is 9.88. The third kappa shape index (κ3) is 4.08. The van der Waals surface area contributed by atoms with E-state index < -0.39 is 0 Å². The molecule has 15 heavy (non-hydrogen) atoms. The van der Waals surface area contributed by atoms with Crippen LogP contribution in [0.4, 0.5) is 0 Å². The molecule has 1 unspecified atom stereocenters. The van der Waals surface area contributed by atoms with E-state index in [9.17, 15) is 0 Å². The number of aliphatic hydroxyl groups excluding tert-OH is 1. The first kappa shape index (κ1) is 14.2. The topological polar surface area (TPSA) is 55.5 Å². The minimum atomic E-state index is -0.00400. The molecule has 0 aromatic heterocycles. The van der Waals surface area contributed by atoms with Crippen LogP contribution in [0.2, 0.25) is 0 Å². The van der Waals surface area contributed by atoms with Crippen LogP contribution in [0, 0.1) is 0 Å². The van der Waals surface area contributed by atoms with Gasteiger partial charge in [0.2, 0.25) is 0 Å². The highest BCUT2D eigenvalue weighted by Gasteiger charge is 2.04. The summed E-state index contributed by atoms with van der Waals surface area (Å²) >= 11 is 0. The van der Waals surface area contributed by atoms with Crippen molar-refractivity contribution in [3.05, 3.63) is 29.3 Å². The predicted molar refractivity (Wildman–Crippen MR) is 63.5 cm³/mol. The Morgan fingerprint density at radius 3 is 2.60 bits per heavy atom. The van der Waals surface area contributed by atoms with Gasteiger partial charge in [0.25, 0.3) is 0 Å². The van der Waals surface area contributed by atoms with E-state index in [0.29, 0.717) is 0 Å². The SMILES string of the molecule is COc1ccc(CC(C)N)cc1CO.Cl. The van der Waals surface area contributed by atoms with E-state index in [-0.39, 0.29) is 25.1 Å². The van der Waals surface area contributed by atoms with E-state index in [1.807, 2.05) is 25.1 Å². The molecule has 0 saturated carbocycles. The minimum Gasteiger partial charge on any atom is -0.496 e. The molecule has 86 valence electrons. The zero-order chi connectivity index (χ0) is 10.6. The van der Waals surface area contributed by atoms with E-state index >= 15 is 0 Å². The summed E-state index contributed by atoms with van der Waals surface area (Å²) in [5, 5.41) is 9.10. The van der Waals surface area contributed by atoms with E-state index in [4.69, 9.17) is 15.6 Å². The van der Waals surface area contributed by atoms with E-state index in [0.717, 1.165) is 23.3 Å². The largest absolute Gasteiger partial charge is 0.496 e. The number of rotatable bonds is 4. The van der Waals surface area contributed by atoms with Crippen molar-refractivity contribution in [3.8, 4) is 5.75 Å². The van der Waals surface area contributed by atoms with Crippen LogP contribution < -0.4 is 10.5 Å². The molecule has 3 nitrogen and oxygen atoms in total. The molecule has 4 heteroatoms. The molecule has 0 aliphatic rings. The molecule has 1 atom stereocenters. The Morgan fingerprint density at radius 1 is 1.47 bits per heavy atom. The molecule has 0 saturated heterocycles. The third-order valence-electron chi connectivity index (χ3n) is 2.07. The Balaban J connectivity index is 0.00000196. The molecule has 1 aromatic carbocycles. The van der Waals surface area contributed by atoms with Crippen LogP contribution in [-0.4, -0.2) is 18.3 Å². The highest BCUT2D eigenvalue weighted by Crippen LogP contribution is 2.20. The first-order valence-electron chi connectivity index (χ1n) is 4.69. The van der Waals surface area contributed by atoms with Gasteiger partial charge in [-0.25, -0.2) is 0 Å². The average molecular weight is 232 g/mol. The number of ether oxygens (including phenoxy) is 1.